The van der Waals surface area contributed by atoms with Gasteiger partial charge < -0.3 is 9.53 Å². The molecule has 0 aliphatic carbocycles. The van der Waals surface area contributed by atoms with Gasteiger partial charge in [0.2, 0.25) is 0 Å². The lowest BCUT2D eigenvalue weighted by atomic mass is 9.90. The van der Waals surface area contributed by atoms with Crippen LogP contribution in [-0.2, 0) is 16.0 Å². The Morgan fingerprint density at radius 1 is 0.963 bits per heavy atom. The Hall–Kier alpha value is -1.72. The molecule has 2 aromatic carbocycles. The average Bonchev–Trinajstić information content (AvgIpc) is 2.61. The van der Waals surface area contributed by atoms with Crippen LogP contribution < -0.4 is 0 Å². The van der Waals surface area contributed by atoms with E-state index in [4.69, 9.17) is 0 Å². The molecule has 0 saturated heterocycles. The maximum atomic E-state index is 14.2. The van der Waals surface area contributed by atoms with Crippen LogP contribution in [-0.4, -0.2) is 20.0 Å². The molecule has 5 heteroatoms. The highest BCUT2D eigenvalue weighted by Crippen LogP contribution is 2.33. The molecule has 0 aliphatic rings. The van der Waals surface area contributed by atoms with Crippen LogP contribution in [0.1, 0.15) is 41.2 Å². The largest absolute Gasteiger partial charge is 0.385 e. The van der Waals surface area contributed by atoms with Gasteiger partial charge in [-0.15, -0.1) is 0 Å². The predicted molar refractivity (Wildman–Crippen MR) is 113 cm³/mol. The van der Waals surface area contributed by atoms with E-state index in [0.717, 1.165) is 29.6 Å². The minimum Gasteiger partial charge on any atom is -0.385 e. The lowest BCUT2D eigenvalue weighted by Crippen LogP contribution is -2.00. The lowest BCUT2D eigenvalue weighted by molar-refractivity contribution is -0.107. The van der Waals surface area contributed by atoms with Gasteiger partial charge in [0.1, 0.15) is 17.9 Å². The van der Waals surface area contributed by atoms with Gasteiger partial charge in [-0.25, -0.2) is 8.78 Å². The third-order valence-electron chi connectivity index (χ3n) is 4.32. The smallest absolute Gasteiger partial charge is 0.129 e. The number of carbonyl (C=O) groups is 1. The molecule has 0 aromatic heterocycles. The van der Waals surface area contributed by atoms with Crippen molar-refractivity contribution in [2.45, 2.75) is 47.5 Å². The van der Waals surface area contributed by atoms with Crippen molar-refractivity contribution in [3.8, 4) is 11.1 Å². The predicted octanol–water partition coefficient (Wildman–Crippen LogP) is 5.76. The molecule has 0 saturated carbocycles. The zero-order chi connectivity index (χ0) is 19.9. The molecule has 0 aliphatic heterocycles. The van der Waals surface area contributed by atoms with Crippen molar-refractivity contribution in [1.29, 1.82) is 0 Å². The fourth-order valence-electron chi connectivity index (χ4n) is 2.99. The number of methoxy groups -OCH3 is 1. The number of aryl methyl sites for hydroxylation is 4. The van der Waals surface area contributed by atoms with Crippen LogP contribution in [0.5, 0.6) is 0 Å². The molecule has 150 valence electrons. The summed E-state index contributed by atoms with van der Waals surface area (Å²) in [5, 5.41) is 0. The maximum Gasteiger partial charge on any atom is 0.129 e. The lowest BCUT2D eigenvalue weighted by Gasteiger charge is -2.16. The Morgan fingerprint density at radius 2 is 1.52 bits per heavy atom. The van der Waals surface area contributed by atoms with Gasteiger partial charge in [-0.3, -0.25) is 0 Å². The number of hydrogen-bond donors (Lipinski definition) is 0. The summed E-state index contributed by atoms with van der Waals surface area (Å²) in [6, 6.07) is 5.28. The van der Waals surface area contributed by atoms with Gasteiger partial charge in [0.05, 0.1) is 0 Å². The van der Waals surface area contributed by atoms with E-state index in [-0.39, 0.29) is 31.6 Å². The van der Waals surface area contributed by atoms with Crippen LogP contribution in [0.2, 0.25) is 0 Å². The quantitative estimate of drug-likeness (QED) is 0.601. The minimum atomic E-state index is -0.284. The summed E-state index contributed by atoms with van der Waals surface area (Å²) >= 11 is 0. The molecule has 0 bridgehead atoms. The number of carbonyl (C=O) groups excluding carboxylic acids is 1. The van der Waals surface area contributed by atoms with E-state index in [1.165, 1.54) is 0 Å². The number of rotatable bonds is 5. The summed E-state index contributed by atoms with van der Waals surface area (Å²) in [6.07, 6.45) is 1.42. The minimum absolute atomic E-state index is 0. The molecule has 0 unspecified atom stereocenters. The molecule has 0 N–H and O–H groups in total. The zero-order valence-corrected chi connectivity index (χ0v) is 18.0. The second-order valence-electron chi connectivity index (χ2n) is 6.37. The second-order valence-corrected chi connectivity index (χ2v) is 6.37. The van der Waals surface area contributed by atoms with Crippen molar-refractivity contribution in [3.63, 3.8) is 0 Å². The first-order valence-electron chi connectivity index (χ1n) is 8.76. The number of aldehydes is 1. The topological polar surface area (TPSA) is 26.3 Å². The van der Waals surface area contributed by atoms with Gasteiger partial charge in [-0.1, -0.05) is 6.07 Å². The Balaban J connectivity index is 0.00000123. The van der Waals surface area contributed by atoms with Gasteiger partial charge >= 0.3 is 0 Å². The molecule has 0 atom stereocenters. The molecule has 2 rings (SSSR count). The summed E-state index contributed by atoms with van der Waals surface area (Å²) in [5.74, 6) is -0.509. The van der Waals surface area contributed by atoms with Crippen molar-refractivity contribution in [2.24, 2.45) is 0 Å². The molecule has 0 radical (unpaired) electrons. The van der Waals surface area contributed by atoms with E-state index in [0.29, 0.717) is 28.7 Å². The Morgan fingerprint density at radius 3 is 2.04 bits per heavy atom. The molecular weight excluding hydrogens is 366 g/mol. The number of halogens is 2. The first-order valence-corrected chi connectivity index (χ1v) is 8.76. The van der Waals surface area contributed by atoms with Crippen molar-refractivity contribution >= 4 is 19.8 Å². The van der Waals surface area contributed by atoms with E-state index < -0.39 is 0 Å². The van der Waals surface area contributed by atoms with Gasteiger partial charge in [0.25, 0.3) is 0 Å². The number of ether oxygens (including phenoxy) is 1. The van der Waals surface area contributed by atoms with E-state index >= 15 is 0 Å². The van der Waals surface area contributed by atoms with Crippen LogP contribution in [0, 0.1) is 39.3 Å². The van der Waals surface area contributed by atoms with Gasteiger partial charge in [0.15, 0.2) is 0 Å². The number of hydrogen-bond acceptors (Lipinski definition) is 2. The molecule has 2 nitrogen and oxygen atoms in total. The summed E-state index contributed by atoms with van der Waals surface area (Å²) in [5.41, 5.74) is 4.76. The number of benzene rings is 2. The first kappa shape index (κ1) is 25.3. The molecule has 2 aromatic rings. The Kier molecular flexibility index (Phi) is 11.1. The highest BCUT2D eigenvalue weighted by Gasteiger charge is 2.15. The van der Waals surface area contributed by atoms with Crippen LogP contribution >= 0.6 is 13.5 Å². The van der Waals surface area contributed by atoms with E-state index in [2.05, 4.69) is 4.74 Å². The Bertz CT molecular complexity index is 772. The maximum absolute atomic E-state index is 14.2. The summed E-state index contributed by atoms with van der Waals surface area (Å²) < 4.78 is 32.9. The van der Waals surface area contributed by atoms with E-state index in [1.807, 2.05) is 13.8 Å². The monoisotopic (exact) mass is 396 g/mol. The first-order chi connectivity index (χ1) is 12.3. The molecule has 0 amide bonds. The highest BCUT2D eigenvalue weighted by molar-refractivity contribution is 7.59. The van der Waals surface area contributed by atoms with Crippen LogP contribution in [0.4, 0.5) is 8.78 Å². The van der Waals surface area contributed by atoms with E-state index in [1.54, 1.807) is 46.1 Å². The molecule has 27 heavy (non-hydrogen) atoms. The van der Waals surface area contributed by atoms with Gasteiger partial charge in [0, 0.05) is 20.1 Å². The van der Waals surface area contributed by atoms with Crippen molar-refractivity contribution in [1.82, 2.24) is 0 Å². The van der Waals surface area contributed by atoms with Crippen LogP contribution in [0.25, 0.3) is 11.1 Å². The third-order valence-corrected chi connectivity index (χ3v) is 4.32. The zero-order valence-electron chi connectivity index (χ0n) is 17.0. The standard InChI is InChI=1S/C19H20F2O.C3H8O.H2S/c1-11-8-12(2)18(20)14(4)17(11)16-9-13(3)19(21)15(10-16)6-5-7-22;1-3-4-2;/h7-10H,5-6H2,1-4H3;3H2,1-2H3;1H2. The van der Waals surface area contributed by atoms with Crippen molar-refractivity contribution < 1.29 is 18.3 Å². The van der Waals surface area contributed by atoms with Crippen LogP contribution in [0.3, 0.4) is 0 Å². The third kappa shape index (κ3) is 6.43. The fourth-order valence-corrected chi connectivity index (χ4v) is 2.99. The van der Waals surface area contributed by atoms with Crippen molar-refractivity contribution in [3.05, 3.63) is 57.7 Å². The Labute approximate surface area is 168 Å². The molecule has 0 spiro atoms. The molecular formula is C22H30F2O2S. The second kappa shape index (κ2) is 11.9. The van der Waals surface area contributed by atoms with E-state index in [9.17, 15) is 13.6 Å². The molecule has 0 heterocycles. The highest BCUT2D eigenvalue weighted by atomic mass is 32.1. The fraction of sp³-hybridized carbons (Fsp3) is 0.409. The van der Waals surface area contributed by atoms with Crippen LogP contribution in [0.15, 0.2) is 18.2 Å². The SMILES string of the molecule is CCOC.Cc1cc(-c2c(C)cc(C)c(F)c2C)cc(CCC=O)c1F.S. The normalized spacial score (nSPS) is 9.93. The van der Waals surface area contributed by atoms with Crippen molar-refractivity contribution in [2.75, 3.05) is 13.7 Å². The molecule has 0 fully saturated rings. The van der Waals surface area contributed by atoms with Gasteiger partial charge in [-0.2, -0.15) is 13.5 Å². The van der Waals surface area contributed by atoms with Gasteiger partial charge in [-0.05, 0) is 92.1 Å². The average molecular weight is 397 g/mol. The summed E-state index contributed by atoms with van der Waals surface area (Å²) in [6.45, 7) is 9.88. The summed E-state index contributed by atoms with van der Waals surface area (Å²) in [4.78, 5) is 10.5. The summed E-state index contributed by atoms with van der Waals surface area (Å²) in [7, 11) is 1.68.